The summed E-state index contributed by atoms with van der Waals surface area (Å²) in [6.07, 6.45) is 3.19. The molecule has 0 aromatic heterocycles. The van der Waals surface area contributed by atoms with E-state index in [0.717, 1.165) is 43.6 Å². The molecular formula is C16H25N3O. The summed E-state index contributed by atoms with van der Waals surface area (Å²) in [5, 5.41) is 0. The molecule has 1 aromatic carbocycles. The van der Waals surface area contributed by atoms with Gasteiger partial charge in [0.2, 0.25) is 5.91 Å². The van der Waals surface area contributed by atoms with E-state index >= 15 is 0 Å². The summed E-state index contributed by atoms with van der Waals surface area (Å²) >= 11 is 0. The van der Waals surface area contributed by atoms with Crippen molar-refractivity contribution in [1.29, 1.82) is 0 Å². The van der Waals surface area contributed by atoms with E-state index in [4.69, 9.17) is 11.5 Å². The third kappa shape index (κ3) is 3.31. The van der Waals surface area contributed by atoms with E-state index in [2.05, 4.69) is 30.9 Å². The summed E-state index contributed by atoms with van der Waals surface area (Å²) < 4.78 is 0. The number of rotatable bonds is 4. The monoisotopic (exact) mass is 275 g/mol. The highest BCUT2D eigenvalue weighted by molar-refractivity contribution is 5.75. The molecule has 1 amide bonds. The number of primary amides is 1. The molecule has 1 aromatic rings. The van der Waals surface area contributed by atoms with Crippen LogP contribution < -0.4 is 11.5 Å². The molecule has 0 atom stereocenters. The topological polar surface area (TPSA) is 72.3 Å². The van der Waals surface area contributed by atoms with Crippen molar-refractivity contribution in [3.63, 3.8) is 0 Å². The zero-order chi connectivity index (χ0) is 14.7. The van der Waals surface area contributed by atoms with E-state index in [-0.39, 0.29) is 5.91 Å². The summed E-state index contributed by atoms with van der Waals surface area (Å²) in [5.74, 6) is 0.342. The SMILES string of the molecule is CCc1cc(N)c(C)cc1C1CCN(CC(N)=O)CC1. The van der Waals surface area contributed by atoms with Gasteiger partial charge in [-0.2, -0.15) is 0 Å². The standard InChI is InChI=1S/C16H25N3O/c1-3-12-9-15(17)11(2)8-14(12)13-4-6-19(7-5-13)10-16(18)20/h8-9,13H,3-7,10,17H2,1-2H3,(H2,18,20). The lowest BCUT2D eigenvalue weighted by atomic mass is 9.84. The number of piperidine rings is 1. The number of hydrogen-bond acceptors (Lipinski definition) is 3. The van der Waals surface area contributed by atoms with Crippen LogP contribution in [-0.4, -0.2) is 30.4 Å². The molecule has 0 radical (unpaired) electrons. The van der Waals surface area contributed by atoms with E-state index in [1.165, 1.54) is 11.1 Å². The minimum Gasteiger partial charge on any atom is -0.399 e. The van der Waals surface area contributed by atoms with Gasteiger partial charge in [0.05, 0.1) is 6.54 Å². The number of hydrogen-bond donors (Lipinski definition) is 2. The molecule has 0 aliphatic carbocycles. The summed E-state index contributed by atoms with van der Waals surface area (Å²) in [5.41, 5.74) is 16.1. The van der Waals surface area contributed by atoms with Crippen molar-refractivity contribution in [3.05, 3.63) is 28.8 Å². The van der Waals surface area contributed by atoms with E-state index in [0.29, 0.717) is 12.5 Å². The van der Waals surface area contributed by atoms with Crippen molar-refractivity contribution in [2.45, 2.75) is 39.0 Å². The third-order valence-electron chi connectivity index (χ3n) is 4.32. The van der Waals surface area contributed by atoms with E-state index in [1.807, 2.05) is 0 Å². The normalized spacial score (nSPS) is 17.3. The first-order valence-electron chi connectivity index (χ1n) is 7.40. The van der Waals surface area contributed by atoms with Crippen LogP contribution >= 0.6 is 0 Å². The molecule has 0 unspecified atom stereocenters. The summed E-state index contributed by atoms with van der Waals surface area (Å²) in [6, 6.07) is 4.38. The van der Waals surface area contributed by atoms with Crippen molar-refractivity contribution in [2.24, 2.45) is 5.73 Å². The molecule has 0 spiro atoms. The van der Waals surface area contributed by atoms with Gasteiger partial charge in [-0.1, -0.05) is 13.0 Å². The molecule has 20 heavy (non-hydrogen) atoms. The second-order valence-corrected chi connectivity index (χ2v) is 5.78. The van der Waals surface area contributed by atoms with Crippen molar-refractivity contribution >= 4 is 11.6 Å². The van der Waals surface area contributed by atoms with Crippen molar-refractivity contribution < 1.29 is 4.79 Å². The zero-order valence-electron chi connectivity index (χ0n) is 12.5. The third-order valence-corrected chi connectivity index (χ3v) is 4.32. The fourth-order valence-electron chi connectivity index (χ4n) is 3.10. The van der Waals surface area contributed by atoms with Gasteiger partial charge in [0.25, 0.3) is 0 Å². The van der Waals surface area contributed by atoms with Crippen LogP contribution in [0.1, 0.15) is 42.4 Å². The van der Waals surface area contributed by atoms with Crippen molar-refractivity contribution in [3.8, 4) is 0 Å². The van der Waals surface area contributed by atoms with Gasteiger partial charge < -0.3 is 11.5 Å². The molecule has 1 fully saturated rings. The molecule has 1 heterocycles. The Labute approximate surface area is 121 Å². The number of aryl methyl sites for hydroxylation is 2. The average molecular weight is 275 g/mol. The molecular weight excluding hydrogens is 250 g/mol. The predicted octanol–water partition coefficient (Wildman–Crippen LogP) is 1.80. The second-order valence-electron chi connectivity index (χ2n) is 5.78. The largest absolute Gasteiger partial charge is 0.399 e. The molecule has 1 aliphatic heterocycles. The quantitative estimate of drug-likeness (QED) is 0.823. The van der Waals surface area contributed by atoms with Gasteiger partial charge in [-0.3, -0.25) is 9.69 Å². The first-order valence-corrected chi connectivity index (χ1v) is 7.40. The molecule has 2 rings (SSSR count). The number of anilines is 1. The number of benzene rings is 1. The van der Waals surface area contributed by atoms with E-state index in [9.17, 15) is 4.79 Å². The van der Waals surface area contributed by atoms with Crippen molar-refractivity contribution in [2.75, 3.05) is 25.4 Å². The zero-order valence-corrected chi connectivity index (χ0v) is 12.5. The molecule has 0 saturated carbocycles. The first-order chi connectivity index (χ1) is 9.51. The fraction of sp³-hybridized carbons (Fsp3) is 0.562. The van der Waals surface area contributed by atoms with Crippen LogP contribution in [0.25, 0.3) is 0 Å². The lowest BCUT2D eigenvalue weighted by Gasteiger charge is -2.32. The Kier molecular flexibility index (Phi) is 4.65. The number of amides is 1. The highest BCUT2D eigenvalue weighted by atomic mass is 16.1. The van der Waals surface area contributed by atoms with Gasteiger partial charge >= 0.3 is 0 Å². The molecule has 4 heteroatoms. The molecule has 0 bridgehead atoms. The van der Waals surface area contributed by atoms with Gasteiger partial charge in [0.15, 0.2) is 0 Å². The first kappa shape index (κ1) is 14.9. The number of carbonyl (C=O) groups is 1. The van der Waals surface area contributed by atoms with E-state index in [1.54, 1.807) is 0 Å². The Bertz CT molecular complexity index is 491. The molecule has 4 nitrogen and oxygen atoms in total. The van der Waals surface area contributed by atoms with Crippen LogP contribution in [-0.2, 0) is 11.2 Å². The maximum atomic E-state index is 11.0. The van der Waals surface area contributed by atoms with E-state index < -0.39 is 0 Å². The van der Waals surface area contributed by atoms with Crippen LogP contribution in [0.15, 0.2) is 12.1 Å². The van der Waals surface area contributed by atoms with Crippen LogP contribution in [0, 0.1) is 6.92 Å². The number of nitrogens with zero attached hydrogens (tertiary/aromatic N) is 1. The average Bonchev–Trinajstić information content (AvgIpc) is 2.41. The Hall–Kier alpha value is -1.55. The van der Waals surface area contributed by atoms with Gasteiger partial charge in [-0.05, 0) is 68.0 Å². The van der Waals surface area contributed by atoms with Crippen LogP contribution in [0.2, 0.25) is 0 Å². The molecule has 4 N–H and O–H groups in total. The molecule has 1 aliphatic rings. The predicted molar refractivity (Wildman–Crippen MR) is 82.6 cm³/mol. The number of nitrogens with two attached hydrogens (primary N) is 2. The molecule has 1 saturated heterocycles. The fourth-order valence-corrected chi connectivity index (χ4v) is 3.10. The van der Waals surface area contributed by atoms with Crippen LogP contribution in [0.3, 0.4) is 0 Å². The van der Waals surface area contributed by atoms with Gasteiger partial charge in [-0.25, -0.2) is 0 Å². The highest BCUT2D eigenvalue weighted by Gasteiger charge is 2.23. The van der Waals surface area contributed by atoms with Crippen LogP contribution in [0.5, 0.6) is 0 Å². The maximum Gasteiger partial charge on any atom is 0.231 e. The van der Waals surface area contributed by atoms with Gasteiger partial charge in [0, 0.05) is 5.69 Å². The highest BCUT2D eigenvalue weighted by Crippen LogP contribution is 2.33. The maximum absolute atomic E-state index is 11.0. The van der Waals surface area contributed by atoms with Gasteiger partial charge in [-0.15, -0.1) is 0 Å². The number of nitrogen functional groups attached to an aromatic ring is 1. The summed E-state index contributed by atoms with van der Waals surface area (Å²) in [6.45, 7) is 6.52. The van der Waals surface area contributed by atoms with Crippen LogP contribution in [0.4, 0.5) is 5.69 Å². The Morgan fingerprint density at radius 2 is 2.00 bits per heavy atom. The minimum atomic E-state index is -0.235. The second kappa shape index (κ2) is 6.27. The molecule has 110 valence electrons. The summed E-state index contributed by atoms with van der Waals surface area (Å²) in [7, 11) is 0. The summed E-state index contributed by atoms with van der Waals surface area (Å²) in [4.78, 5) is 13.1. The lowest BCUT2D eigenvalue weighted by molar-refractivity contribution is -0.119. The smallest absolute Gasteiger partial charge is 0.231 e. The Morgan fingerprint density at radius 3 is 2.55 bits per heavy atom. The number of likely N-dealkylation sites (tertiary alicyclic amines) is 1. The Balaban J connectivity index is 2.10. The van der Waals surface area contributed by atoms with Gasteiger partial charge in [0.1, 0.15) is 0 Å². The minimum absolute atomic E-state index is 0.235. The van der Waals surface area contributed by atoms with Crippen molar-refractivity contribution in [1.82, 2.24) is 4.90 Å². The lowest BCUT2D eigenvalue weighted by Crippen LogP contribution is -2.39. The number of carbonyl (C=O) groups excluding carboxylic acids is 1. The Morgan fingerprint density at radius 1 is 1.35 bits per heavy atom.